The number of ether oxygens (including phenoxy) is 1. The van der Waals surface area contributed by atoms with Crippen LogP contribution in [-0.4, -0.2) is 62.7 Å². The Morgan fingerprint density at radius 1 is 1.44 bits per heavy atom. The number of nitrogens with zero attached hydrogens (tertiary/aromatic N) is 4. The molecule has 0 radical (unpaired) electrons. The minimum atomic E-state index is -0.665. The van der Waals surface area contributed by atoms with Crippen LogP contribution in [0.5, 0.6) is 0 Å². The summed E-state index contributed by atoms with van der Waals surface area (Å²) in [6, 6.07) is 9.24. The Balaban J connectivity index is 1.78. The van der Waals surface area contributed by atoms with Crippen LogP contribution in [0.15, 0.2) is 30.3 Å². The molecule has 2 unspecified atom stereocenters. The molecule has 1 aromatic carbocycles. The maximum atomic E-state index is 12.7. The van der Waals surface area contributed by atoms with E-state index in [1.54, 1.807) is 16.7 Å². The molecule has 1 aliphatic rings. The van der Waals surface area contributed by atoms with Crippen LogP contribution in [0.1, 0.15) is 19.2 Å². The number of aryl methyl sites for hydroxylation is 1. The zero-order valence-electron chi connectivity index (χ0n) is 14.6. The molecular formula is C17H23N5O3. The number of carbonyl (C=O) groups excluding carboxylic acids is 1. The van der Waals surface area contributed by atoms with Gasteiger partial charge in [0.15, 0.2) is 0 Å². The van der Waals surface area contributed by atoms with Gasteiger partial charge in [-0.25, -0.2) is 9.48 Å². The van der Waals surface area contributed by atoms with Crippen LogP contribution in [0.4, 0.5) is 10.7 Å². The number of anilines is 1. The predicted molar refractivity (Wildman–Crippen MR) is 92.7 cm³/mol. The SMILES string of the molecule is COC1CN(C(=O)Nc2nc(C)n(-c3ccccc3)n2)C(C)(CO)C1. The number of aliphatic hydroxyl groups excluding tert-OH is 1. The summed E-state index contributed by atoms with van der Waals surface area (Å²) in [5.41, 5.74) is 0.204. The number of aromatic nitrogens is 3. The molecule has 8 nitrogen and oxygen atoms in total. The summed E-state index contributed by atoms with van der Waals surface area (Å²) in [4.78, 5) is 18.6. The lowest BCUT2D eigenvalue weighted by molar-refractivity contribution is 0.0985. The zero-order chi connectivity index (χ0) is 18.0. The summed E-state index contributed by atoms with van der Waals surface area (Å²) in [5, 5.41) is 16.8. The van der Waals surface area contributed by atoms with Crippen molar-refractivity contribution in [3.8, 4) is 5.69 Å². The van der Waals surface area contributed by atoms with Gasteiger partial charge in [0.2, 0.25) is 0 Å². The van der Waals surface area contributed by atoms with E-state index in [-0.39, 0.29) is 24.7 Å². The fourth-order valence-electron chi connectivity index (χ4n) is 3.14. The van der Waals surface area contributed by atoms with E-state index in [1.807, 2.05) is 44.2 Å². The molecule has 134 valence electrons. The van der Waals surface area contributed by atoms with E-state index in [9.17, 15) is 9.90 Å². The molecular weight excluding hydrogens is 322 g/mol. The van der Waals surface area contributed by atoms with Crippen LogP contribution >= 0.6 is 0 Å². The highest BCUT2D eigenvalue weighted by atomic mass is 16.5. The van der Waals surface area contributed by atoms with E-state index in [1.165, 1.54) is 0 Å². The molecule has 2 atom stereocenters. The highest BCUT2D eigenvalue weighted by Crippen LogP contribution is 2.30. The van der Waals surface area contributed by atoms with Crippen LogP contribution in [0.3, 0.4) is 0 Å². The van der Waals surface area contributed by atoms with E-state index in [0.29, 0.717) is 18.8 Å². The number of likely N-dealkylation sites (tertiary alicyclic amines) is 1. The Morgan fingerprint density at radius 2 is 2.16 bits per heavy atom. The maximum absolute atomic E-state index is 12.7. The average Bonchev–Trinajstić information content (AvgIpc) is 3.16. The molecule has 8 heteroatoms. The monoisotopic (exact) mass is 345 g/mol. The Hall–Kier alpha value is -2.45. The third kappa shape index (κ3) is 3.35. The number of methoxy groups -OCH3 is 1. The minimum Gasteiger partial charge on any atom is -0.394 e. The van der Waals surface area contributed by atoms with Gasteiger partial charge in [-0.05, 0) is 26.0 Å². The number of rotatable bonds is 4. The van der Waals surface area contributed by atoms with E-state index in [4.69, 9.17) is 4.74 Å². The van der Waals surface area contributed by atoms with E-state index >= 15 is 0 Å². The van der Waals surface area contributed by atoms with Crippen molar-refractivity contribution in [2.75, 3.05) is 25.6 Å². The summed E-state index contributed by atoms with van der Waals surface area (Å²) in [6.07, 6.45) is 0.484. The summed E-state index contributed by atoms with van der Waals surface area (Å²) >= 11 is 0. The van der Waals surface area contributed by atoms with Gasteiger partial charge in [-0.2, -0.15) is 4.98 Å². The van der Waals surface area contributed by atoms with Gasteiger partial charge in [-0.3, -0.25) is 5.32 Å². The van der Waals surface area contributed by atoms with Gasteiger partial charge < -0.3 is 14.7 Å². The Morgan fingerprint density at radius 3 is 2.80 bits per heavy atom. The molecule has 1 aliphatic heterocycles. The molecule has 0 aliphatic carbocycles. The first-order valence-corrected chi connectivity index (χ1v) is 8.18. The van der Waals surface area contributed by atoms with E-state index in [0.717, 1.165) is 5.69 Å². The summed E-state index contributed by atoms with van der Waals surface area (Å²) < 4.78 is 7.02. The Labute approximate surface area is 146 Å². The summed E-state index contributed by atoms with van der Waals surface area (Å²) in [6.45, 7) is 3.94. The van der Waals surface area contributed by atoms with Gasteiger partial charge >= 0.3 is 6.03 Å². The van der Waals surface area contributed by atoms with Crippen molar-refractivity contribution in [3.63, 3.8) is 0 Å². The molecule has 1 saturated heterocycles. The summed E-state index contributed by atoms with van der Waals surface area (Å²) in [7, 11) is 1.61. The van der Waals surface area contributed by atoms with Crippen LogP contribution in [0.2, 0.25) is 0 Å². The fourth-order valence-corrected chi connectivity index (χ4v) is 3.14. The maximum Gasteiger partial charge on any atom is 0.324 e. The van der Waals surface area contributed by atoms with Gasteiger partial charge in [-0.1, -0.05) is 18.2 Å². The smallest absolute Gasteiger partial charge is 0.324 e. The highest BCUT2D eigenvalue weighted by Gasteiger charge is 2.44. The molecule has 1 fully saturated rings. The molecule has 0 bridgehead atoms. The lowest BCUT2D eigenvalue weighted by Gasteiger charge is -2.32. The molecule has 0 spiro atoms. The Bertz CT molecular complexity index is 748. The van der Waals surface area contributed by atoms with Crippen molar-refractivity contribution >= 4 is 12.0 Å². The number of benzene rings is 1. The number of hydrogen-bond donors (Lipinski definition) is 2. The van der Waals surface area contributed by atoms with Crippen molar-refractivity contribution in [2.45, 2.75) is 31.9 Å². The predicted octanol–water partition coefficient (Wildman–Crippen LogP) is 1.58. The van der Waals surface area contributed by atoms with E-state index < -0.39 is 5.54 Å². The second-order valence-corrected chi connectivity index (χ2v) is 6.49. The van der Waals surface area contributed by atoms with Gasteiger partial charge in [-0.15, -0.1) is 5.10 Å². The quantitative estimate of drug-likeness (QED) is 0.878. The van der Waals surface area contributed by atoms with Crippen LogP contribution in [0.25, 0.3) is 5.69 Å². The normalized spacial score (nSPS) is 23.0. The number of urea groups is 1. The molecule has 2 heterocycles. The number of amides is 2. The lowest BCUT2D eigenvalue weighted by Crippen LogP contribution is -2.49. The first-order chi connectivity index (χ1) is 12.0. The third-order valence-corrected chi connectivity index (χ3v) is 4.61. The van der Waals surface area contributed by atoms with Crippen molar-refractivity contribution in [1.82, 2.24) is 19.7 Å². The third-order valence-electron chi connectivity index (χ3n) is 4.61. The van der Waals surface area contributed by atoms with Crippen LogP contribution in [0, 0.1) is 6.92 Å². The van der Waals surface area contributed by atoms with Crippen molar-refractivity contribution in [2.24, 2.45) is 0 Å². The lowest BCUT2D eigenvalue weighted by atomic mass is 10.00. The summed E-state index contributed by atoms with van der Waals surface area (Å²) in [5.74, 6) is 0.898. The fraction of sp³-hybridized carbons (Fsp3) is 0.471. The zero-order valence-corrected chi connectivity index (χ0v) is 14.6. The molecule has 1 aromatic heterocycles. The molecule has 25 heavy (non-hydrogen) atoms. The highest BCUT2D eigenvalue weighted by molar-refractivity contribution is 5.88. The number of aliphatic hydroxyl groups is 1. The van der Waals surface area contributed by atoms with Gasteiger partial charge in [0.25, 0.3) is 5.95 Å². The van der Waals surface area contributed by atoms with Gasteiger partial charge in [0, 0.05) is 20.1 Å². The number of carbonyl (C=O) groups is 1. The van der Waals surface area contributed by atoms with E-state index in [2.05, 4.69) is 15.4 Å². The number of para-hydroxylation sites is 1. The molecule has 2 N–H and O–H groups in total. The molecule has 2 aromatic rings. The molecule has 3 rings (SSSR count). The largest absolute Gasteiger partial charge is 0.394 e. The standard InChI is InChI=1S/C17H23N5O3/c1-12-18-15(20-22(12)13-7-5-4-6-8-13)19-16(24)21-10-14(25-3)9-17(21,2)11-23/h4-8,14,23H,9-11H2,1-3H3,(H,19,20,24). The number of hydrogen-bond acceptors (Lipinski definition) is 5. The second-order valence-electron chi connectivity index (χ2n) is 6.49. The van der Waals surface area contributed by atoms with Crippen LogP contribution < -0.4 is 5.32 Å². The molecule has 0 saturated carbocycles. The van der Waals surface area contributed by atoms with Gasteiger partial charge in [0.05, 0.1) is 23.9 Å². The van der Waals surface area contributed by atoms with Crippen LogP contribution in [-0.2, 0) is 4.74 Å². The number of nitrogens with one attached hydrogen (secondary N) is 1. The van der Waals surface area contributed by atoms with Crippen molar-refractivity contribution in [3.05, 3.63) is 36.2 Å². The van der Waals surface area contributed by atoms with Crippen molar-refractivity contribution in [1.29, 1.82) is 0 Å². The minimum absolute atomic E-state index is 0.0977. The molecule has 2 amide bonds. The topological polar surface area (TPSA) is 92.5 Å². The van der Waals surface area contributed by atoms with Gasteiger partial charge in [0.1, 0.15) is 5.82 Å². The average molecular weight is 345 g/mol. The van der Waals surface area contributed by atoms with Crippen molar-refractivity contribution < 1.29 is 14.6 Å². The first-order valence-electron chi connectivity index (χ1n) is 8.18. The second kappa shape index (κ2) is 6.81. The first kappa shape index (κ1) is 17.4. The Kier molecular flexibility index (Phi) is 4.73.